The normalized spacial score (nSPS) is 13.0. The van der Waals surface area contributed by atoms with Crippen LogP contribution in [0.5, 0.6) is 0 Å². The molecule has 0 unspecified atom stereocenters. The Labute approximate surface area is 152 Å². The van der Waals surface area contributed by atoms with Gasteiger partial charge in [0.2, 0.25) is 11.8 Å². The zero-order valence-electron chi connectivity index (χ0n) is 13.8. The second-order valence-corrected chi connectivity index (χ2v) is 6.23. The number of halogens is 3. The van der Waals surface area contributed by atoms with Gasteiger partial charge in [0.1, 0.15) is 6.33 Å². The largest absolute Gasteiger partial charge is 0.400 e. The molecule has 0 aliphatic rings. The summed E-state index contributed by atoms with van der Waals surface area (Å²) in [6, 6.07) is -0.103. The second-order valence-electron chi connectivity index (χ2n) is 5.75. The molecule has 1 N–H and O–H groups in total. The first-order valence-electron chi connectivity index (χ1n) is 7.59. The molecule has 26 heavy (non-hydrogen) atoms. The number of hydrogen-bond acceptors (Lipinski definition) is 8. The van der Waals surface area contributed by atoms with Gasteiger partial charge in [-0.1, -0.05) is 19.0 Å². The molecule has 136 valence electrons. The molecule has 3 rings (SSSR count). The van der Waals surface area contributed by atoms with E-state index in [4.69, 9.17) is 11.6 Å². The third-order valence-corrected chi connectivity index (χ3v) is 3.63. The number of nitrogens with zero attached hydrogens (tertiary/aromatic N) is 6. The van der Waals surface area contributed by atoms with Crippen LogP contribution < -0.4 is 5.32 Å². The first-order chi connectivity index (χ1) is 12.3. The van der Waals surface area contributed by atoms with Gasteiger partial charge in [-0.25, -0.2) is 19.9 Å². The predicted octanol–water partition coefficient (Wildman–Crippen LogP) is 3.41. The van der Waals surface area contributed by atoms with E-state index < -0.39 is 11.3 Å². The standard InChI is InChI=1S/C15H14ClF2N7O/c1-8(2)11(9-3-19-7-20-4-9)23-14-21-5-10(6-22-14)12-24-13(26-25-12)15(16,17)18/h3-8,11H,1-2H3,(H,21,22,23)/t11-/m0/s1. The number of anilines is 1. The molecule has 11 heteroatoms. The van der Waals surface area contributed by atoms with Gasteiger partial charge in [0.15, 0.2) is 0 Å². The minimum absolute atomic E-state index is 0.0799. The number of hydrogen-bond donors (Lipinski definition) is 1. The molecule has 0 saturated carbocycles. The Hall–Kier alpha value is -2.75. The molecule has 0 saturated heterocycles. The van der Waals surface area contributed by atoms with Crippen molar-refractivity contribution in [3.63, 3.8) is 0 Å². The van der Waals surface area contributed by atoms with Crippen LogP contribution >= 0.6 is 11.6 Å². The van der Waals surface area contributed by atoms with Crippen LogP contribution in [0.4, 0.5) is 14.7 Å². The Kier molecular flexibility index (Phi) is 5.03. The number of aromatic nitrogens is 6. The maximum absolute atomic E-state index is 12.9. The van der Waals surface area contributed by atoms with Crippen molar-refractivity contribution in [1.82, 2.24) is 30.1 Å². The molecule has 0 amide bonds. The first-order valence-corrected chi connectivity index (χ1v) is 7.97. The van der Waals surface area contributed by atoms with Gasteiger partial charge >= 0.3 is 11.3 Å². The molecule has 0 radical (unpaired) electrons. The van der Waals surface area contributed by atoms with E-state index >= 15 is 0 Å². The van der Waals surface area contributed by atoms with Gasteiger partial charge in [-0.2, -0.15) is 13.8 Å². The molecule has 0 spiro atoms. The van der Waals surface area contributed by atoms with Crippen LogP contribution in [0.3, 0.4) is 0 Å². The zero-order valence-corrected chi connectivity index (χ0v) is 14.5. The molecule has 3 heterocycles. The highest BCUT2D eigenvalue weighted by atomic mass is 35.5. The molecule has 0 bridgehead atoms. The minimum atomic E-state index is -3.73. The van der Waals surface area contributed by atoms with Gasteiger partial charge in [0, 0.05) is 30.4 Å². The molecule has 0 fully saturated rings. The van der Waals surface area contributed by atoms with E-state index in [1.54, 1.807) is 12.4 Å². The van der Waals surface area contributed by atoms with Crippen LogP contribution in [-0.2, 0) is 5.38 Å². The fraction of sp³-hybridized carbons (Fsp3) is 0.333. The van der Waals surface area contributed by atoms with E-state index in [0.717, 1.165) is 5.56 Å². The van der Waals surface area contributed by atoms with E-state index in [2.05, 4.69) is 39.9 Å². The molecule has 0 aromatic carbocycles. The zero-order chi connectivity index (χ0) is 18.7. The van der Waals surface area contributed by atoms with Crippen molar-refractivity contribution in [2.75, 3.05) is 5.32 Å². The van der Waals surface area contributed by atoms with Gasteiger partial charge in [-0.15, -0.1) is 0 Å². The van der Waals surface area contributed by atoms with Gasteiger partial charge in [0.05, 0.1) is 11.6 Å². The Morgan fingerprint density at radius 2 is 1.77 bits per heavy atom. The lowest BCUT2D eigenvalue weighted by atomic mass is 9.99. The summed E-state index contributed by atoms with van der Waals surface area (Å²) < 4.78 is 30.3. The van der Waals surface area contributed by atoms with Crippen molar-refractivity contribution >= 4 is 17.5 Å². The highest BCUT2D eigenvalue weighted by molar-refractivity contribution is 6.21. The van der Waals surface area contributed by atoms with Crippen LogP contribution in [0.2, 0.25) is 0 Å². The fourth-order valence-electron chi connectivity index (χ4n) is 2.22. The van der Waals surface area contributed by atoms with Crippen molar-refractivity contribution < 1.29 is 13.3 Å². The quantitative estimate of drug-likeness (QED) is 0.648. The first kappa shape index (κ1) is 18.1. The summed E-state index contributed by atoms with van der Waals surface area (Å²) in [6.45, 7) is 4.07. The van der Waals surface area contributed by atoms with Crippen molar-refractivity contribution in [1.29, 1.82) is 0 Å². The predicted molar refractivity (Wildman–Crippen MR) is 88.3 cm³/mol. The Morgan fingerprint density at radius 3 is 2.31 bits per heavy atom. The maximum atomic E-state index is 12.9. The van der Waals surface area contributed by atoms with Gasteiger partial charge in [-0.3, -0.25) is 0 Å². The minimum Gasteiger partial charge on any atom is -0.347 e. The highest BCUT2D eigenvalue weighted by Gasteiger charge is 2.35. The summed E-state index contributed by atoms with van der Waals surface area (Å²) >= 11 is 4.85. The summed E-state index contributed by atoms with van der Waals surface area (Å²) in [5.41, 5.74) is 1.21. The summed E-state index contributed by atoms with van der Waals surface area (Å²) in [4.78, 5) is 19.9. The van der Waals surface area contributed by atoms with Crippen molar-refractivity contribution in [3.05, 3.63) is 42.6 Å². The lowest BCUT2D eigenvalue weighted by molar-refractivity contribution is 0.0551. The SMILES string of the molecule is CC(C)[C@H](Nc1ncc(-c2noc(C(F)(F)Cl)n2)cn1)c1cncnc1. The molecular formula is C15H14ClF2N7O. The Balaban J connectivity index is 1.78. The van der Waals surface area contributed by atoms with Gasteiger partial charge in [-0.05, 0) is 17.5 Å². The third kappa shape index (κ3) is 4.07. The van der Waals surface area contributed by atoms with Crippen LogP contribution in [-0.4, -0.2) is 30.1 Å². The molecular weight excluding hydrogens is 368 g/mol. The lowest BCUT2D eigenvalue weighted by Gasteiger charge is -2.22. The van der Waals surface area contributed by atoms with E-state index in [1.807, 2.05) is 13.8 Å². The average Bonchev–Trinajstić information content (AvgIpc) is 3.11. The number of rotatable bonds is 6. The smallest absolute Gasteiger partial charge is 0.347 e. The topological polar surface area (TPSA) is 103 Å². The third-order valence-electron chi connectivity index (χ3n) is 3.47. The van der Waals surface area contributed by atoms with E-state index in [0.29, 0.717) is 11.5 Å². The lowest BCUT2D eigenvalue weighted by Crippen LogP contribution is -2.18. The Morgan fingerprint density at radius 1 is 1.12 bits per heavy atom. The Bertz CT molecular complexity index is 852. The molecule has 0 aliphatic carbocycles. The molecule has 3 aromatic rings. The van der Waals surface area contributed by atoms with E-state index in [1.165, 1.54) is 18.7 Å². The van der Waals surface area contributed by atoms with Crippen molar-refractivity contribution in [3.8, 4) is 11.4 Å². The molecule has 0 aliphatic heterocycles. The fourth-order valence-corrected chi connectivity index (χ4v) is 2.30. The molecule has 3 aromatic heterocycles. The van der Waals surface area contributed by atoms with Crippen LogP contribution in [0, 0.1) is 5.92 Å². The summed E-state index contributed by atoms with van der Waals surface area (Å²) in [5, 5.41) is 2.92. The second kappa shape index (κ2) is 7.24. The number of nitrogens with one attached hydrogen (secondary N) is 1. The van der Waals surface area contributed by atoms with E-state index in [9.17, 15) is 8.78 Å². The summed E-state index contributed by atoms with van der Waals surface area (Å²) in [5.74, 6) is -0.498. The number of alkyl halides is 3. The summed E-state index contributed by atoms with van der Waals surface area (Å²) in [7, 11) is 0. The van der Waals surface area contributed by atoms with E-state index in [-0.39, 0.29) is 17.8 Å². The van der Waals surface area contributed by atoms with Gasteiger partial charge in [0.25, 0.3) is 0 Å². The van der Waals surface area contributed by atoms with Crippen LogP contribution in [0.1, 0.15) is 31.3 Å². The van der Waals surface area contributed by atoms with Crippen LogP contribution in [0.15, 0.2) is 35.6 Å². The summed E-state index contributed by atoms with van der Waals surface area (Å²) in [6.07, 6.45) is 7.68. The van der Waals surface area contributed by atoms with Crippen LogP contribution in [0.25, 0.3) is 11.4 Å². The van der Waals surface area contributed by atoms with Crippen molar-refractivity contribution in [2.24, 2.45) is 5.92 Å². The monoisotopic (exact) mass is 381 g/mol. The average molecular weight is 382 g/mol. The van der Waals surface area contributed by atoms with Crippen molar-refractivity contribution in [2.45, 2.75) is 25.3 Å². The van der Waals surface area contributed by atoms with Gasteiger partial charge < -0.3 is 9.84 Å². The molecule has 8 nitrogen and oxygen atoms in total. The highest BCUT2D eigenvalue weighted by Crippen LogP contribution is 2.32. The maximum Gasteiger partial charge on any atom is 0.400 e. The molecule has 1 atom stereocenters.